The van der Waals surface area contributed by atoms with Crippen LogP contribution in [0.25, 0.3) is 0 Å². The molecule has 0 radical (unpaired) electrons. The van der Waals surface area contributed by atoms with Crippen LogP contribution in [0.2, 0.25) is 5.02 Å². The first kappa shape index (κ1) is 20.1. The van der Waals surface area contributed by atoms with Crippen LogP contribution in [-0.2, 0) is 15.0 Å². The molecule has 2 amide bonds. The first-order chi connectivity index (χ1) is 15.9. The standard InChI is InChI=1S/C26H19ClN2O4/c1-2-26-17-9-5-3-7-15(17)21(16-8-4-6-10-18(16)26)22-23(26)25(31)28(24(22)30)20-13-14(29(32)33)11-12-19(20)27/h3-13,21-23H,2H2,1H3/t21?,22-,23+,26?/m0/s1. The van der Waals surface area contributed by atoms with Crippen LogP contribution in [0.1, 0.15) is 41.5 Å². The Hall–Kier alpha value is -3.51. The normalized spacial score (nSPS) is 26.7. The highest BCUT2D eigenvalue weighted by atomic mass is 35.5. The molecule has 2 bridgehead atoms. The van der Waals surface area contributed by atoms with E-state index in [1.54, 1.807) is 0 Å². The Labute approximate surface area is 194 Å². The number of benzene rings is 3. The van der Waals surface area contributed by atoms with E-state index >= 15 is 0 Å². The van der Waals surface area contributed by atoms with E-state index in [0.29, 0.717) is 6.42 Å². The van der Waals surface area contributed by atoms with E-state index in [1.807, 2.05) is 24.3 Å². The molecule has 3 aliphatic carbocycles. The number of nitro groups is 1. The summed E-state index contributed by atoms with van der Waals surface area (Å²) >= 11 is 6.38. The molecule has 7 heteroatoms. The van der Waals surface area contributed by atoms with Gasteiger partial charge in [0.25, 0.3) is 5.69 Å². The van der Waals surface area contributed by atoms with Crippen LogP contribution >= 0.6 is 11.6 Å². The number of rotatable bonds is 3. The number of amides is 2. The van der Waals surface area contributed by atoms with Crippen LogP contribution in [0, 0.1) is 22.0 Å². The van der Waals surface area contributed by atoms with Crippen molar-refractivity contribution >= 4 is 34.8 Å². The number of carbonyl (C=O) groups excluding carboxylic acids is 2. The van der Waals surface area contributed by atoms with Gasteiger partial charge in [0.15, 0.2) is 0 Å². The van der Waals surface area contributed by atoms with E-state index in [4.69, 9.17) is 11.6 Å². The second-order valence-electron chi connectivity index (χ2n) is 8.89. The van der Waals surface area contributed by atoms with E-state index in [9.17, 15) is 19.7 Å². The summed E-state index contributed by atoms with van der Waals surface area (Å²) in [6, 6.07) is 20.0. The van der Waals surface area contributed by atoms with Gasteiger partial charge in [0.05, 0.1) is 27.5 Å². The highest BCUT2D eigenvalue weighted by molar-refractivity contribution is 6.36. The lowest BCUT2D eigenvalue weighted by molar-refractivity contribution is -0.384. The van der Waals surface area contributed by atoms with Crippen LogP contribution in [-0.4, -0.2) is 16.7 Å². The summed E-state index contributed by atoms with van der Waals surface area (Å²) in [5.74, 6) is -2.13. The third kappa shape index (κ3) is 2.34. The quantitative estimate of drug-likeness (QED) is 0.306. The predicted molar refractivity (Wildman–Crippen MR) is 123 cm³/mol. The van der Waals surface area contributed by atoms with Crippen molar-refractivity contribution in [2.75, 3.05) is 4.90 Å². The van der Waals surface area contributed by atoms with E-state index in [2.05, 4.69) is 31.2 Å². The molecule has 0 unspecified atom stereocenters. The molecule has 3 aromatic carbocycles. The molecule has 0 saturated carbocycles. The van der Waals surface area contributed by atoms with Crippen molar-refractivity contribution in [2.24, 2.45) is 11.8 Å². The van der Waals surface area contributed by atoms with Gasteiger partial charge in [-0.2, -0.15) is 0 Å². The van der Waals surface area contributed by atoms with Gasteiger partial charge in [-0.1, -0.05) is 67.1 Å². The van der Waals surface area contributed by atoms with Crippen LogP contribution in [0.5, 0.6) is 0 Å². The molecule has 7 rings (SSSR count). The summed E-state index contributed by atoms with van der Waals surface area (Å²) < 4.78 is 0. The fraction of sp³-hybridized carbons (Fsp3) is 0.231. The van der Waals surface area contributed by atoms with Gasteiger partial charge in [0.1, 0.15) is 0 Å². The number of nitro benzene ring substituents is 1. The molecule has 1 fully saturated rings. The van der Waals surface area contributed by atoms with E-state index < -0.39 is 22.2 Å². The zero-order valence-electron chi connectivity index (χ0n) is 17.7. The first-order valence-corrected chi connectivity index (χ1v) is 11.3. The molecule has 1 aliphatic heterocycles. The van der Waals surface area contributed by atoms with Gasteiger partial charge in [0, 0.05) is 23.5 Å². The average Bonchev–Trinajstić information content (AvgIpc) is 3.10. The van der Waals surface area contributed by atoms with Crippen LogP contribution < -0.4 is 4.90 Å². The molecule has 4 aliphatic rings. The minimum Gasteiger partial charge on any atom is -0.274 e. The van der Waals surface area contributed by atoms with Crippen molar-refractivity contribution in [3.05, 3.63) is 104 Å². The van der Waals surface area contributed by atoms with Crippen molar-refractivity contribution < 1.29 is 14.5 Å². The van der Waals surface area contributed by atoms with E-state index in [0.717, 1.165) is 27.2 Å². The Balaban J connectivity index is 1.62. The van der Waals surface area contributed by atoms with Crippen molar-refractivity contribution in [3.63, 3.8) is 0 Å². The fourth-order valence-corrected chi connectivity index (χ4v) is 6.76. The Bertz CT molecular complexity index is 1340. The molecule has 1 heterocycles. The van der Waals surface area contributed by atoms with E-state index in [-0.39, 0.29) is 34.1 Å². The molecule has 6 nitrogen and oxygen atoms in total. The number of imide groups is 1. The van der Waals surface area contributed by atoms with Gasteiger partial charge in [-0.3, -0.25) is 19.7 Å². The Morgan fingerprint density at radius 3 is 2.15 bits per heavy atom. The molecule has 0 spiro atoms. The van der Waals surface area contributed by atoms with Crippen LogP contribution in [0.15, 0.2) is 66.7 Å². The van der Waals surface area contributed by atoms with Crippen LogP contribution in [0.3, 0.4) is 0 Å². The highest BCUT2D eigenvalue weighted by Crippen LogP contribution is 2.65. The summed E-state index contributed by atoms with van der Waals surface area (Å²) in [6.45, 7) is 2.05. The highest BCUT2D eigenvalue weighted by Gasteiger charge is 2.67. The molecule has 1 saturated heterocycles. The molecule has 33 heavy (non-hydrogen) atoms. The van der Waals surface area contributed by atoms with Crippen molar-refractivity contribution in [3.8, 4) is 0 Å². The summed E-state index contributed by atoms with van der Waals surface area (Å²) in [5, 5.41) is 11.5. The summed E-state index contributed by atoms with van der Waals surface area (Å²) in [5.41, 5.74) is 3.54. The maximum atomic E-state index is 14.0. The Morgan fingerprint density at radius 1 is 0.970 bits per heavy atom. The van der Waals surface area contributed by atoms with Crippen LogP contribution in [0.4, 0.5) is 11.4 Å². The molecule has 2 atom stereocenters. The molecule has 164 valence electrons. The monoisotopic (exact) mass is 458 g/mol. The summed E-state index contributed by atoms with van der Waals surface area (Å²) in [6.07, 6.45) is 0.643. The zero-order valence-corrected chi connectivity index (χ0v) is 18.5. The number of halogens is 1. The third-order valence-electron chi connectivity index (χ3n) is 7.73. The predicted octanol–water partition coefficient (Wildman–Crippen LogP) is 5.21. The maximum absolute atomic E-state index is 14.0. The van der Waals surface area contributed by atoms with Gasteiger partial charge in [-0.25, -0.2) is 4.90 Å². The summed E-state index contributed by atoms with van der Waals surface area (Å²) in [4.78, 5) is 39.9. The topological polar surface area (TPSA) is 80.5 Å². The summed E-state index contributed by atoms with van der Waals surface area (Å²) in [7, 11) is 0. The Kier molecular flexibility index (Phi) is 4.11. The van der Waals surface area contributed by atoms with Crippen molar-refractivity contribution in [1.82, 2.24) is 0 Å². The average molecular weight is 459 g/mol. The van der Waals surface area contributed by atoms with Gasteiger partial charge >= 0.3 is 0 Å². The Morgan fingerprint density at radius 2 is 1.58 bits per heavy atom. The lowest BCUT2D eigenvalue weighted by Gasteiger charge is -2.54. The molecule has 3 aromatic rings. The van der Waals surface area contributed by atoms with Crippen molar-refractivity contribution in [2.45, 2.75) is 24.7 Å². The number of nitrogens with zero attached hydrogens (tertiary/aromatic N) is 2. The molecule has 0 N–H and O–H groups in total. The second-order valence-corrected chi connectivity index (χ2v) is 9.29. The molecule has 0 aromatic heterocycles. The second kappa shape index (κ2) is 6.75. The fourth-order valence-electron chi connectivity index (χ4n) is 6.55. The number of anilines is 1. The molecular weight excluding hydrogens is 440 g/mol. The van der Waals surface area contributed by atoms with Gasteiger partial charge in [-0.15, -0.1) is 0 Å². The lowest BCUT2D eigenvalue weighted by atomic mass is 9.46. The number of hydrogen-bond donors (Lipinski definition) is 0. The minimum atomic E-state index is -0.652. The van der Waals surface area contributed by atoms with E-state index in [1.165, 1.54) is 18.2 Å². The number of non-ortho nitro benzene ring substituents is 1. The zero-order chi connectivity index (χ0) is 23.1. The number of carbonyl (C=O) groups is 2. The smallest absolute Gasteiger partial charge is 0.271 e. The first-order valence-electron chi connectivity index (χ1n) is 10.9. The SMILES string of the molecule is CCC12c3ccccc3C(c3ccccc31)[C@@H]1C(=O)N(c3cc([N+](=O)[O-])ccc3Cl)C(=O)[C@@H]12. The maximum Gasteiger partial charge on any atom is 0.271 e. The van der Waals surface area contributed by atoms with Gasteiger partial charge in [0.2, 0.25) is 11.8 Å². The van der Waals surface area contributed by atoms with Gasteiger partial charge in [-0.05, 0) is 34.7 Å². The lowest BCUT2D eigenvalue weighted by Crippen LogP contribution is -2.53. The molecular formula is C26H19ClN2O4. The minimum absolute atomic E-state index is 0.0778. The number of hydrogen-bond acceptors (Lipinski definition) is 4. The van der Waals surface area contributed by atoms with Gasteiger partial charge < -0.3 is 0 Å². The largest absolute Gasteiger partial charge is 0.274 e. The third-order valence-corrected chi connectivity index (χ3v) is 8.05. The van der Waals surface area contributed by atoms with Crippen molar-refractivity contribution in [1.29, 1.82) is 0 Å².